The standard InChI is InChI=1S/C17H18N4O2/c18-11-14-4-1-6-16(10-14)20-17(23)21(8-3-9-22)13-15-5-2-7-19-12-15/h1-2,4-7,10,12,22H,3,8-9,13H2,(H,20,23). The number of benzene rings is 1. The number of hydrogen-bond donors (Lipinski definition) is 2. The lowest BCUT2D eigenvalue weighted by Crippen LogP contribution is -2.35. The van der Waals surface area contributed by atoms with Crippen LogP contribution >= 0.6 is 0 Å². The van der Waals surface area contributed by atoms with Gasteiger partial charge in [-0.2, -0.15) is 5.26 Å². The van der Waals surface area contributed by atoms with E-state index in [4.69, 9.17) is 10.4 Å². The number of carbonyl (C=O) groups is 1. The summed E-state index contributed by atoms with van der Waals surface area (Å²) in [4.78, 5) is 18.1. The molecular formula is C17H18N4O2. The van der Waals surface area contributed by atoms with E-state index in [0.717, 1.165) is 5.56 Å². The zero-order valence-corrected chi connectivity index (χ0v) is 12.6. The number of nitrogens with zero attached hydrogens (tertiary/aromatic N) is 3. The summed E-state index contributed by atoms with van der Waals surface area (Å²) in [7, 11) is 0. The molecule has 0 spiro atoms. The Morgan fingerprint density at radius 1 is 1.35 bits per heavy atom. The van der Waals surface area contributed by atoms with Crippen molar-refractivity contribution in [3.63, 3.8) is 0 Å². The van der Waals surface area contributed by atoms with Gasteiger partial charge >= 0.3 is 6.03 Å². The van der Waals surface area contributed by atoms with Gasteiger partial charge in [0.1, 0.15) is 0 Å². The number of nitriles is 1. The van der Waals surface area contributed by atoms with Crippen molar-refractivity contribution in [1.29, 1.82) is 5.26 Å². The summed E-state index contributed by atoms with van der Waals surface area (Å²) in [5.74, 6) is 0. The van der Waals surface area contributed by atoms with E-state index in [9.17, 15) is 4.79 Å². The Bertz CT molecular complexity index is 682. The molecule has 0 saturated carbocycles. The molecule has 6 heteroatoms. The van der Waals surface area contributed by atoms with Gasteiger partial charge in [0.15, 0.2) is 0 Å². The van der Waals surface area contributed by atoms with E-state index in [1.807, 2.05) is 18.2 Å². The molecule has 0 bridgehead atoms. The number of hydrogen-bond acceptors (Lipinski definition) is 4. The first-order valence-corrected chi connectivity index (χ1v) is 7.29. The topological polar surface area (TPSA) is 89.2 Å². The maximum absolute atomic E-state index is 12.5. The lowest BCUT2D eigenvalue weighted by atomic mass is 10.2. The molecule has 118 valence electrons. The van der Waals surface area contributed by atoms with Crippen molar-refractivity contribution in [2.45, 2.75) is 13.0 Å². The van der Waals surface area contributed by atoms with Gasteiger partial charge in [-0.15, -0.1) is 0 Å². The molecule has 0 aliphatic carbocycles. The van der Waals surface area contributed by atoms with Gasteiger partial charge in [-0.25, -0.2) is 4.79 Å². The summed E-state index contributed by atoms with van der Waals surface area (Å²) in [6, 6.07) is 12.2. The molecule has 0 unspecified atom stereocenters. The quantitative estimate of drug-likeness (QED) is 0.857. The average molecular weight is 310 g/mol. The van der Waals surface area contributed by atoms with Crippen LogP contribution in [0.4, 0.5) is 10.5 Å². The number of rotatable bonds is 6. The Hall–Kier alpha value is -2.91. The van der Waals surface area contributed by atoms with E-state index in [0.29, 0.717) is 30.8 Å². The van der Waals surface area contributed by atoms with Crippen molar-refractivity contribution >= 4 is 11.7 Å². The molecule has 6 nitrogen and oxygen atoms in total. The molecule has 2 rings (SSSR count). The van der Waals surface area contributed by atoms with Gasteiger partial charge in [0, 0.05) is 37.8 Å². The molecule has 0 saturated heterocycles. The van der Waals surface area contributed by atoms with E-state index in [-0.39, 0.29) is 12.6 Å². The fourth-order valence-electron chi connectivity index (χ4n) is 2.10. The summed E-state index contributed by atoms with van der Waals surface area (Å²) in [6.07, 6.45) is 3.87. The van der Waals surface area contributed by atoms with Crippen LogP contribution in [0, 0.1) is 11.3 Å². The molecule has 23 heavy (non-hydrogen) atoms. The highest BCUT2D eigenvalue weighted by molar-refractivity contribution is 5.89. The third-order valence-corrected chi connectivity index (χ3v) is 3.21. The van der Waals surface area contributed by atoms with Crippen molar-refractivity contribution in [3.8, 4) is 6.07 Å². The highest BCUT2D eigenvalue weighted by Crippen LogP contribution is 2.12. The third kappa shape index (κ3) is 5.09. The molecule has 1 heterocycles. The van der Waals surface area contributed by atoms with Gasteiger partial charge in [0.05, 0.1) is 11.6 Å². The number of anilines is 1. The lowest BCUT2D eigenvalue weighted by molar-refractivity contribution is 0.199. The average Bonchev–Trinajstić information content (AvgIpc) is 2.59. The molecule has 0 fully saturated rings. The summed E-state index contributed by atoms with van der Waals surface area (Å²) < 4.78 is 0. The van der Waals surface area contributed by atoms with Crippen LogP contribution in [0.1, 0.15) is 17.5 Å². The molecule has 1 aromatic carbocycles. The summed E-state index contributed by atoms with van der Waals surface area (Å²) in [5, 5.41) is 20.7. The lowest BCUT2D eigenvalue weighted by Gasteiger charge is -2.23. The van der Waals surface area contributed by atoms with E-state index in [2.05, 4.69) is 10.3 Å². The minimum atomic E-state index is -0.280. The van der Waals surface area contributed by atoms with Gasteiger partial charge in [0.25, 0.3) is 0 Å². The zero-order chi connectivity index (χ0) is 16.5. The molecule has 0 aliphatic heterocycles. The maximum atomic E-state index is 12.5. The number of carbonyl (C=O) groups excluding carboxylic acids is 1. The Kier molecular flexibility index (Phi) is 6.09. The first-order chi connectivity index (χ1) is 11.2. The third-order valence-electron chi connectivity index (χ3n) is 3.21. The Morgan fingerprint density at radius 3 is 2.91 bits per heavy atom. The highest BCUT2D eigenvalue weighted by Gasteiger charge is 2.14. The normalized spacial score (nSPS) is 9.91. The maximum Gasteiger partial charge on any atom is 0.322 e. The molecule has 2 N–H and O–H groups in total. The van der Waals surface area contributed by atoms with Crippen molar-refractivity contribution in [1.82, 2.24) is 9.88 Å². The monoisotopic (exact) mass is 310 g/mol. The smallest absolute Gasteiger partial charge is 0.322 e. The van der Waals surface area contributed by atoms with E-state index < -0.39 is 0 Å². The Morgan fingerprint density at radius 2 is 2.22 bits per heavy atom. The summed E-state index contributed by atoms with van der Waals surface area (Å²) in [5.41, 5.74) is 1.96. The molecule has 2 aromatic rings. The minimum absolute atomic E-state index is 0.0146. The van der Waals surface area contributed by atoms with Crippen LogP contribution in [-0.2, 0) is 6.54 Å². The van der Waals surface area contributed by atoms with Crippen LogP contribution < -0.4 is 5.32 Å². The van der Waals surface area contributed by atoms with Gasteiger partial charge in [-0.3, -0.25) is 4.98 Å². The SMILES string of the molecule is N#Cc1cccc(NC(=O)N(CCCO)Cc2cccnc2)c1. The van der Waals surface area contributed by atoms with E-state index in [1.54, 1.807) is 41.6 Å². The second-order valence-electron chi connectivity index (χ2n) is 4.98. The summed E-state index contributed by atoms with van der Waals surface area (Å²) >= 11 is 0. The number of nitrogens with one attached hydrogen (secondary N) is 1. The number of urea groups is 1. The minimum Gasteiger partial charge on any atom is -0.396 e. The fourth-order valence-corrected chi connectivity index (χ4v) is 2.10. The largest absolute Gasteiger partial charge is 0.396 e. The Balaban J connectivity index is 2.08. The van der Waals surface area contributed by atoms with Crippen molar-refractivity contribution in [2.24, 2.45) is 0 Å². The molecule has 0 aliphatic rings. The van der Waals surface area contributed by atoms with Gasteiger partial charge in [-0.1, -0.05) is 12.1 Å². The van der Waals surface area contributed by atoms with Crippen LogP contribution in [0.15, 0.2) is 48.8 Å². The van der Waals surface area contributed by atoms with Crippen molar-refractivity contribution in [3.05, 3.63) is 59.9 Å². The number of aliphatic hydroxyl groups excluding tert-OH is 1. The number of aromatic nitrogens is 1. The highest BCUT2D eigenvalue weighted by atomic mass is 16.3. The van der Waals surface area contributed by atoms with Crippen LogP contribution in [-0.4, -0.2) is 34.2 Å². The summed E-state index contributed by atoms with van der Waals surface area (Å²) in [6.45, 7) is 0.841. The molecule has 2 amide bonds. The second-order valence-corrected chi connectivity index (χ2v) is 4.98. The first-order valence-electron chi connectivity index (χ1n) is 7.29. The van der Waals surface area contributed by atoms with Crippen molar-refractivity contribution in [2.75, 3.05) is 18.5 Å². The molecule has 0 radical (unpaired) electrons. The van der Waals surface area contributed by atoms with E-state index in [1.165, 1.54) is 0 Å². The second kappa shape index (κ2) is 8.51. The Labute approximate surface area is 135 Å². The fraction of sp³-hybridized carbons (Fsp3) is 0.235. The molecule has 1 aromatic heterocycles. The van der Waals surface area contributed by atoms with Gasteiger partial charge in [-0.05, 0) is 36.2 Å². The number of aliphatic hydroxyl groups is 1. The van der Waals surface area contributed by atoms with E-state index >= 15 is 0 Å². The first kappa shape index (κ1) is 16.5. The van der Waals surface area contributed by atoms with Crippen LogP contribution in [0.2, 0.25) is 0 Å². The van der Waals surface area contributed by atoms with Gasteiger partial charge < -0.3 is 15.3 Å². The van der Waals surface area contributed by atoms with Crippen molar-refractivity contribution < 1.29 is 9.90 Å². The van der Waals surface area contributed by atoms with Crippen LogP contribution in [0.5, 0.6) is 0 Å². The predicted octanol–water partition coefficient (Wildman–Crippen LogP) is 2.37. The predicted molar refractivity (Wildman–Crippen MR) is 86.5 cm³/mol. The number of pyridine rings is 1. The zero-order valence-electron chi connectivity index (χ0n) is 12.6. The molecular weight excluding hydrogens is 292 g/mol. The van der Waals surface area contributed by atoms with Crippen LogP contribution in [0.3, 0.4) is 0 Å². The van der Waals surface area contributed by atoms with Crippen LogP contribution in [0.25, 0.3) is 0 Å². The number of amides is 2. The molecule has 0 atom stereocenters. The van der Waals surface area contributed by atoms with Gasteiger partial charge in [0.2, 0.25) is 0 Å².